The zero-order valence-corrected chi connectivity index (χ0v) is 10.4. The normalized spacial score (nSPS) is 7.07. The van der Waals surface area contributed by atoms with E-state index >= 15 is 0 Å². The molecule has 0 saturated carbocycles. The fourth-order valence-corrected chi connectivity index (χ4v) is 0. The minimum atomic E-state index is -5.17. The van der Waals surface area contributed by atoms with Crippen LogP contribution in [0.5, 0.6) is 0 Å². The van der Waals surface area contributed by atoms with Crippen molar-refractivity contribution in [3.8, 4) is 0 Å². The van der Waals surface area contributed by atoms with Crippen LogP contribution in [0.3, 0.4) is 0 Å². The summed E-state index contributed by atoms with van der Waals surface area (Å²) in [7, 11) is -5.17. The molecule has 0 aromatic heterocycles. The van der Waals surface area contributed by atoms with Crippen molar-refractivity contribution in [1.82, 2.24) is 0 Å². The molecule has 0 saturated heterocycles. The smallest absolute Gasteiger partial charge is 0.759 e. The Balaban J connectivity index is -0.0000000315. The van der Waals surface area contributed by atoms with Crippen molar-refractivity contribution in [3.05, 3.63) is 30.6 Å². The van der Waals surface area contributed by atoms with E-state index in [4.69, 9.17) is 48.2 Å². The van der Waals surface area contributed by atoms with Crippen LogP contribution in [0.4, 0.5) is 0 Å². The molecular formula is Mg2N2O10S. The van der Waals surface area contributed by atoms with Gasteiger partial charge in [-0.25, -0.2) is 0 Å². The maximum Gasteiger partial charge on any atom is 2.00 e. The van der Waals surface area contributed by atoms with Crippen LogP contribution in [-0.2, 0) is 10.4 Å². The molecule has 0 N–H and O–H groups in total. The third-order valence-corrected chi connectivity index (χ3v) is 0. The average molecular weight is 269 g/mol. The van der Waals surface area contributed by atoms with E-state index in [0.717, 1.165) is 0 Å². The molecule has 0 aliphatic heterocycles. The number of nitrogens with zero attached hydrogens (tertiary/aromatic N) is 2. The van der Waals surface area contributed by atoms with Crippen LogP contribution in [0.15, 0.2) is 0 Å². The molecule has 0 atom stereocenters. The Bertz CT molecular complexity index is 216. The van der Waals surface area contributed by atoms with Gasteiger partial charge in [-0.2, -0.15) is 0 Å². The molecule has 0 unspecified atom stereocenters. The minimum absolute atomic E-state index is 0. The molecule has 0 aliphatic carbocycles. The fraction of sp³-hybridized carbons (Fsp3) is 0. The summed E-state index contributed by atoms with van der Waals surface area (Å²) in [5, 5.41) is 29.5. The van der Waals surface area contributed by atoms with Crippen molar-refractivity contribution in [2.24, 2.45) is 0 Å². The third kappa shape index (κ3) is 49300. The first-order valence-corrected chi connectivity index (χ1v) is 3.10. The maximum absolute atomic E-state index is 8.52. The molecule has 0 spiro atoms. The summed E-state index contributed by atoms with van der Waals surface area (Å²) in [4.78, 5) is 16.5. The molecule has 0 aromatic rings. The molecule has 0 aliphatic rings. The van der Waals surface area contributed by atoms with Crippen LogP contribution in [0.2, 0.25) is 0 Å². The summed E-state index contributed by atoms with van der Waals surface area (Å²) in [5.41, 5.74) is 0. The van der Waals surface area contributed by atoms with Crippen molar-refractivity contribution < 1.29 is 27.7 Å². The summed E-state index contributed by atoms with van der Waals surface area (Å²) >= 11 is 0. The van der Waals surface area contributed by atoms with E-state index < -0.39 is 20.6 Å². The predicted octanol–water partition coefficient (Wildman–Crippen LogP) is -2.58. The first-order chi connectivity index (χ1) is 5.46. The Morgan fingerprint density at radius 2 is 0.733 bits per heavy atom. The maximum atomic E-state index is 8.52. The first kappa shape index (κ1) is 29.3. The second kappa shape index (κ2) is 16.2. The van der Waals surface area contributed by atoms with Gasteiger partial charge in [0.2, 0.25) is 0 Å². The van der Waals surface area contributed by atoms with E-state index in [1.807, 2.05) is 0 Å². The second-order valence-electron chi connectivity index (χ2n) is 0.855. The van der Waals surface area contributed by atoms with Crippen LogP contribution in [0, 0.1) is 30.6 Å². The third-order valence-electron chi connectivity index (χ3n) is 0. The summed E-state index contributed by atoms with van der Waals surface area (Å²) in [6, 6.07) is 0. The van der Waals surface area contributed by atoms with E-state index in [0.29, 0.717) is 0 Å². The van der Waals surface area contributed by atoms with E-state index in [-0.39, 0.29) is 46.1 Å². The summed E-state index contributed by atoms with van der Waals surface area (Å²) in [6.07, 6.45) is 0. The standard InChI is InChI=1S/2Mg.2NO3.H2O4S/c;;2*2-1(3)4;1-5(2,3)4/h;;;;(H2,1,2,3,4)/q2*+2;2*-1;/p-2. The Labute approximate surface area is 114 Å². The predicted molar refractivity (Wildman–Crippen MR) is 42.7 cm³/mol. The molecule has 12 nitrogen and oxygen atoms in total. The van der Waals surface area contributed by atoms with Crippen LogP contribution >= 0.6 is 0 Å². The summed E-state index contributed by atoms with van der Waals surface area (Å²) < 4.78 is 34.1. The van der Waals surface area contributed by atoms with Crippen molar-refractivity contribution in [3.63, 3.8) is 0 Å². The summed E-state index contributed by atoms with van der Waals surface area (Å²) in [6.45, 7) is 0. The van der Waals surface area contributed by atoms with Crippen molar-refractivity contribution in [1.29, 1.82) is 0 Å². The van der Waals surface area contributed by atoms with Crippen LogP contribution in [0.1, 0.15) is 0 Å². The van der Waals surface area contributed by atoms with Gasteiger partial charge in [0, 0.05) is 10.4 Å². The Morgan fingerprint density at radius 1 is 0.733 bits per heavy atom. The number of hydrogen-bond acceptors (Lipinski definition) is 10. The van der Waals surface area contributed by atoms with Gasteiger partial charge in [-0.3, -0.25) is 8.42 Å². The molecule has 0 amide bonds. The van der Waals surface area contributed by atoms with E-state index in [1.54, 1.807) is 0 Å². The minimum Gasteiger partial charge on any atom is -0.759 e. The topological polar surface area (TPSA) is 213 Å². The second-order valence-corrected chi connectivity index (χ2v) is 1.67. The molecule has 15 heavy (non-hydrogen) atoms. The van der Waals surface area contributed by atoms with Gasteiger partial charge in [0.05, 0.1) is 10.2 Å². The van der Waals surface area contributed by atoms with Gasteiger partial charge in [-0.15, -0.1) is 0 Å². The summed E-state index contributed by atoms with van der Waals surface area (Å²) in [5.74, 6) is 0. The van der Waals surface area contributed by atoms with E-state index in [9.17, 15) is 0 Å². The number of rotatable bonds is 0. The zero-order valence-electron chi connectivity index (χ0n) is 6.80. The Morgan fingerprint density at radius 3 is 0.733 bits per heavy atom. The van der Waals surface area contributed by atoms with Gasteiger partial charge in [0.15, 0.2) is 0 Å². The van der Waals surface area contributed by atoms with Gasteiger partial charge >= 0.3 is 46.1 Å². The number of hydrogen-bond donors (Lipinski definition) is 0. The quantitative estimate of drug-likeness (QED) is 0.147. The average Bonchev–Trinajstić information content (AvgIpc) is 1.50. The fourth-order valence-electron chi connectivity index (χ4n) is 0. The van der Waals surface area contributed by atoms with Gasteiger partial charge < -0.3 is 39.7 Å². The van der Waals surface area contributed by atoms with Crippen molar-refractivity contribution in [2.45, 2.75) is 0 Å². The van der Waals surface area contributed by atoms with E-state index in [2.05, 4.69) is 0 Å². The molecule has 0 heterocycles. The Kier molecular flexibility index (Phi) is 31.8. The van der Waals surface area contributed by atoms with Gasteiger partial charge in [-0.05, 0) is 0 Å². The molecule has 15 heteroatoms. The van der Waals surface area contributed by atoms with Gasteiger partial charge in [0.1, 0.15) is 0 Å². The van der Waals surface area contributed by atoms with Crippen LogP contribution in [0.25, 0.3) is 0 Å². The molecule has 0 aromatic carbocycles. The molecule has 0 radical (unpaired) electrons. The molecule has 0 rings (SSSR count). The van der Waals surface area contributed by atoms with E-state index in [1.165, 1.54) is 0 Å². The van der Waals surface area contributed by atoms with Gasteiger partial charge in [0.25, 0.3) is 0 Å². The van der Waals surface area contributed by atoms with Crippen molar-refractivity contribution in [2.75, 3.05) is 0 Å². The van der Waals surface area contributed by atoms with Crippen LogP contribution < -0.4 is 0 Å². The first-order valence-electron chi connectivity index (χ1n) is 1.76. The monoisotopic (exact) mass is 268 g/mol. The molecular weight excluding hydrogens is 269 g/mol. The van der Waals surface area contributed by atoms with Crippen molar-refractivity contribution >= 4 is 56.5 Å². The van der Waals surface area contributed by atoms with Crippen LogP contribution in [-0.4, -0.2) is 73.8 Å². The SMILES string of the molecule is O=S(=O)([O-])[O-].O=[N+]([O-])[O-].O=[N+]([O-])[O-].[Mg+2].[Mg+2]. The molecule has 0 fully saturated rings. The van der Waals surface area contributed by atoms with Gasteiger partial charge in [-0.1, -0.05) is 0 Å². The largest absolute Gasteiger partial charge is 2.00 e. The zero-order chi connectivity index (χ0) is 11.7. The Hall–Kier alpha value is -0.198. The molecule has 80 valence electrons. The molecule has 0 bridgehead atoms.